The molecule has 10 heteroatoms. The molecule has 0 radical (unpaired) electrons. The third-order valence-corrected chi connectivity index (χ3v) is 6.11. The van der Waals surface area contributed by atoms with E-state index in [0.717, 1.165) is 5.75 Å². The molecular formula is C23H25N4O5S+. The number of nitrogens with zero attached hydrogens (tertiary/aromatic N) is 3. The van der Waals surface area contributed by atoms with Crippen LogP contribution in [0.15, 0.2) is 46.3 Å². The molecule has 1 aliphatic rings. The van der Waals surface area contributed by atoms with Gasteiger partial charge in [-0.2, -0.15) is 0 Å². The van der Waals surface area contributed by atoms with E-state index in [9.17, 15) is 9.59 Å². The zero-order valence-electron chi connectivity index (χ0n) is 19.0. The summed E-state index contributed by atoms with van der Waals surface area (Å²) in [5.74, 6) is 1.82. The SMILES string of the molecule is CCSc1n[n+]2c(c(=O)[nH]1)-c1ccccc1N(C(C)=O)C2c1cc(OC)c(OC)c(OC)c1. The van der Waals surface area contributed by atoms with Crippen LogP contribution in [0.25, 0.3) is 11.3 Å². The molecule has 1 unspecified atom stereocenters. The van der Waals surface area contributed by atoms with Crippen LogP contribution in [0.1, 0.15) is 25.6 Å². The lowest BCUT2D eigenvalue weighted by molar-refractivity contribution is -0.763. The van der Waals surface area contributed by atoms with Gasteiger partial charge < -0.3 is 14.2 Å². The van der Waals surface area contributed by atoms with Gasteiger partial charge in [0.15, 0.2) is 11.5 Å². The van der Waals surface area contributed by atoms with Crippen molar-refractivity contribution in [2.45, 2.75) is 25.2 Å². The van der Waals surface area contributed by atoms with Crippen molar-refractivity contribution in [2.24, 2.45) is 0 Å². The van der Waals surface area contributed by atoms with Gasteiger partial charge in [-0.1, -0.05) is 30.8 Å². The third kappa shape index (κ3) is 3.80. The number of nitrogens with one attached hydrogen (secondary N) is 1. The van der Waals surface area contributed by atoms with Crippen LogP contribution in [0.5, 0.6) is 17.2 Å². The number of methoxy groups -OCH3 is 3. The Balaban J connectivity index is 2.08. The summed E-state index contributed by atoms with van der Waals surface area (Å²) in [5, 5.41) is 5.19. The second kappa shape index (κ2) is 9.14. The molecule has 4 rings (SSSR count). The number of rotatable bonds is 6. The summed E-state index contributed by atoms with van der Waals surface area (Å²) in [7, 11) is 4.58. The molecule has 3 aromatic rings. The highest BCUT2D eigenvalue weighted by molar-refractivity contribution is 7.99. The molecule has 0 saturated heterocycles. The first-order chi connectivity index (χ1) is 15.9. The zero-order chi connectivity index (χ0) is 23.7. The van der Waals surface area contributed by atoms with E-state index in [0.29, 0.717) is 44.9 Å². The van der Waals surface area contributed by atoms with Crippen molar-refractivity contribution in [1.29, 1.82) is 0 Å². The largest absolute Gasteiger partial charge is 0.493 e. The summed E-state index contributed by atoms with van der Waals surface area (Å²) in [6, 6.07) is 10.8. The molecule has 1 aromatic heterocycles. The van der Waals surface area contributed by atoms with Gasteiger partial charge in [0.2, 0.25) is 16.8 Å². The Bertz CT molecular complexity index is 1250. The summed E-state index contributed by atoms with van der Waals surface area (Å²) in [6.45, 7) is 3.46. The number of benzene rings is 2. The van der Waals surface area contributed by atoms with E-state index < -0.39 is 6.17 Å². The second-order valence-corrected chi connectivity index (χ2v) is 8.48. The topological polar surface area (TPSA) is 97.6 Å². The number of aromatic amines is 1. The first kappa shape index (κ1) is 22.7. The van der Waals surface area contributed by atoms with Crippen molar-refractivity contribution in [1.82, 2.24) is 10.1 Å². The van der Waals surface area contributed by atoms with Gasteiger partial charge in [-0.15, -0.1) is 0 Å². The standard InChI is InChI=1S/C23H24N4O5S/c1-6-33-23-24-21(29)19-15-9-7-8-10-16(15)26(13(2)28)22(27(19)25-23)14-11-17(30-3)20(32-5)18(12-14)31-4/h7-12,22H,6H2,1-5H3/p+1. The van der Waals surface area contributed by atoms with Gasteiger partial charge in [0.05, 0.1) is 38.1 Å². The average molecular weight is 470 g/mol. The molecule has 0 spiro atoms. The number of thioether (sulfide) groups is 1. The van der Waals surface area contributed by atoms with Crippen LogP contribution in [0.4, 0.5) is 5.69 Å². The summed E-state index contributed by atoms with van der Waals surface area (Å²) < 4.78 is 18.1. The number of aromatic nitrogens is 3. The lowest BCUT2D eigenvalue weighted by Gasteiger charge is -2.31. The Hall–Kier alpha value is -3.53. The number of ether oxygens (including phenoxy) is 3. The maximum Gasteiger partial charge on any atom is 0.325 e. The van der Waals surface area contributed by atoms with Gasteiger partial charge in [-0.25, -0.2) is 4.90 Å². The summed E-state index contributed by atoms with van der Waals surface area (Å²) >= 11 is 1.41. The fourth-order valence-corrected chi connectivity index (χ4v) is 4.65. The Labute approximate surface area is 195 Å². The van der Waals surface area contributed by atoms with E-state index in [1.165, 1.54) is 40.0 Å². The molecule has 2 heterocycles. The van der Waals surface area contributed by atoms with Crippen LogP contribution >= 0.6 is 11.8 Å². The summed E-state index contributed by atoms with van der Waals surface area (Å²) in [5.41, 5.74) is 1.97. The summed E-state index contributed by atoms with van der Waals surface area (Å²) in [4.78, 5) is 30.7. The Morgan fingerprint density at radius 2 is 1.82 bits per heavy atom. The number of amides is 1. The predicted octanol–water partition coefficient (Wildman–Crippen LogP) is 2.78. The molecule has 1 N–H and O–H groups in total. The van der Waals surface area contributed by atoms with Gasteiger partial charge in [-0.3, -0.25) is 14.6 Å². The van der Waals surface area contributed by atoms with E-state index >= 15 is 0 Å². The molecule has 0 saturated carbocycles. The Morgan fingerprint density at radius 1 is 1.15 bits per heavy atom. The fraction of sp³-hybridized carbons (Fsp3) is 0.304. The van der Waals surface area contributed by atoms with E-state index in [1.807, 2.05) is 31.2 Å². The molecule has 2 aromatic carbocycles. The number of hydrogen-bond acceptors (Lipinski definition) is 7. The van der Waals surface area contributed by atoms with E-state index in [1.54, 1.807) is 21.7 Å². The third-order valence-electron chi connectivity index (χ3n) is 5.36. The monoisotopic (exact) mass is 469 g/mol. The van der Waals surface area contributed by atoms with E-state index in [-0.39, 0.29) is 11.5 Å². The Kier molecular flexibility index (Phi) is 6.28. The number of fused-ring (bicyclic) bond motifs is 3. The molecule has 1 aliphatic heterocycles. The number of anilines is 1. The maximum atomic E-state index is 13.2. The minimum atomic E-state index is -0.750. The molecular weight excluding hydrogens is 444 g/mol. The molecule has 0 aliphatic carbocycles. The highest BCUT2D eigenvalue weighted by Gasteiger charge is 2.45. The first-order valence-electron chi connectivity index (χ1n) is 10.3. The fourth-order valence-electron chi connectivity index (χ4n) is 4.07. The van der Waals surface area contributed by atoms with E-state index in [4.69, 9.17) is 19.3 Å². The number of para-hydroxylation sites is 1. The van der Waals surface area contributed by atoms with Crippen LogP contribution in [-0.2, 0) is 4.79 Å². The minimum absolute atomic E-state index is 0.203. The van der Waals surface area contributed by atoms with Gasteiger partial charge in [0.1, 0.15) is 0 Å². The first-order valence-corrected chi connectivity index (χ1v) is 11.3. The number of H-pyrrole nitrogens is 1. The van der Waals surface area contributed by atoms with Gasteiger partial charge in [0.25, 0.3) is 6.17 Å². The average Bonchev–Trinajstić information content (AvgIpc) is 2.81. The smallest absolute Gasteiger partial charge is 0.325 e. The van der Waals surface area contributed by atoms with Crippen LogP contribution in [0.2, 0.25) is 0 Å². The van der Waals surface area contributed by atoms with Crippen molar-refractivity contribution in [3.63, 3.8) is 0 Å². The van der Waals surface area contributed by atoms with Crippen LogP contribution in [0.3, 0.4) is 0 Å². The number of carbonyl (C=O) groups excluding carboxylic acids is 1. The van der Waals surface area contributed by atoms with Gasteiger partial charge in [0, 0.05) is 12.0 Å². The number of carbonyl (C=O) groups is 1. The van der Waals surface area contributed by atoms with Crippen molar-refractivity contribution < 1.29 is 23.7 Å². The molecule has 33 heavy (non-hydrogen) atoms. The summed E-state index contributed by atoms with van der Waals surface area (Å²) in [6.07, 6.45) is -0.750. The van der Waals surface area contributed by atoms with Gasteiger partial charge in [-0.05, 0) is 34.7 Å². The lowest BCUT2D eigenvalue weighted by Crippen LogP contribution is -2.60. The van der Waals surface area contributed by atoms with Crippen LogP contribution in [-0.4, -0.2) is 43.1 Å². The van der Waals surface area contributed by atoms with Gasteiger partial charge >= 0.3 is 11.3 Å². The van der Waals surface area contributed by atoms with Crippen LogP contribution < -0.4 is 29.4 Å². The molecule has 0 bridgehead atoms. The molecule has 172 valence electrons. The van der Waals surface area contributed by atoms with Crippen molar-refractivity contribution in [2.75, 3.05) is 32.0 Å². The lowest BCUT2D eigenvalue weighted by atomic mass is 10.0. The molecule has 1 amide bonds. The second-order valence-electron chi connectivity index (χ2n) is 7.22. The highest BCUT2D eigenvalue weighted by Crippen LogP contribution is 2.43. The minimum Gasteiger partial charge on any atom is -0.493 e. The quantitative estimate of drug-likeness (QED) is 0.438. The number of hydrogen-bond donors (Lipinski definition) is 1. The molecule has 1 atom stereocenters. The Morgan fingerprint density at radius 3 is 2.39 bits per heavy atom. The van der Waals surface area contributed by atoms with Crippen LogP contribution in [0, 0.1) is 0 Å². The highest BCUT2D eigenvalue weighted by atomic mass is 32.2. The molecule has 9 nitrogen and oxygen atoms in total. The van der Waals surface area contributed by atoms with Crippen molar-refractivity contribution in [3.8, 4) is 28.5 Å². The maximum absolute atomic E-state index is 13.2. The normalized spacial score (nSPS) is 14.3. The van der Waals surface area contributed by atoms with E-state index in [2.05, 4.69) is 4.98 Å². The van der Waals surface area contributed by atoms with Crippen molar-refractivity contribution in [3.05, 3.63) is 52.3 Å². The molecule has 0 fully saturated rings. The zero-order valence-corrected chi connectivity index (χ0v) is 19.9. The predicted molar refractivity (Wildman–Crippen MR) is 124 cm³/mol. The van der Waals surface area contributed by atoms with Crippen molar-refractivity contribution >= 4 is 23.4 Å².